The zero-order valence-electron chi connectivity index (χ0n) is 20.2. The minimum absolute atomic E-state index is 0.0188. The fourth-order valence-corrected chi connectivity index (χ4v) is 3.79. The lowest BCUT2D eigenvalue weighted by atomic mass is 9.93. The van der Waals surface area contributed by atoms with E-state index in [1.54, 1.807) is 12.3 Å². The fourth-order valence-electron chi connectivity index (χ4n) is 3.79. The van der Waals surface area contributed by atoms with Crippen LogP contribution in [0, 0.1) is 12.7 Å². The van der Waals surface area contributed by atoms with E-state index in [1.807, 2.05) is 6.92 Å². The van der Waals surface area contributed by atoms with Crippen LogP contribution in [0.15, 0.2) is 35.3 Å². The Labute approximate surface area is 208 Å². The number of aliphatic hydroxyl groups is 1. The first-order chi connectivity index (χ1) is 17.4. The molecule has 1 saturated carbocycles. The lowest BCUT2D eigenvalue weighted by molar-refractivity contribution is 0.0906. The van der Waals surface area contributed by atoms with Crippen LogP contribution >= 0.6 is 0 Å². The number of hydrogen-bond acceptors (Lipinski definition) is 9. The number of hydrogen-bond donors (Lipinski definition) is 4. The molecule has 1 atom stereocenters. The van der Waals surface area contributed by atoms with Gasteiger partial charge in [0.2, 0.25) is 5.88 Å². The Hall–Kier alpha value is -3.57. The molecule has 0 saturated heterocycles. The highest BCUT2D eigenvalue weighted by Crippen LogP contribution is 2.23. The molecule has 0 aliphatic heterocycles. The van der Waals surface area contributed by atoms with Crippen LogP contribution in [-0.4, -0.2) is 44.7 Å². The number of pyridine rings is 2. The fraction of sp³-hybridized carbons (Fsp3) is 0.440. The molecule has 0 radical (unpaired) electrons. The number of rotatable bonds is 12. The average Bonchev–Trinajstić information content (AvgIpc) is 3.27. The van der Waals surface area contributed by atoms with E-state index in [0.29, 0.717) is 36.3 Å². The summed E-state index contributed by atoms with van der Waals surface area (Å²) in [6.45, 7) is 2.29. The maximum absolute atomic E-state index is 14.2. The molecule has 4 rings (SSSR count). The number of nitrogens with one attached hydrogen (secondary N) is 2. The number of aryl methyl sites for hydroxylation is 2. The highest BCUT2D eigenvalue weighted by atomic mass is 19.1. The second-order valence-corrected chi connectivity index (χ2v) is 8.87. The summed E-state index contributed by atoms with van der Waals surface area (Å²) in [4.78, 5) is 24.8. The summed E-state index contributed by atoms with van der Waals surface area (Å²) in [7, 11) is 0. The third kappa shape index (κ3) is 6.55. The van der Waals surface area contributed by atoms with Gasteiger partial charge in [0.1, 0.15) is 12.4 Å². The van der Waals surface area contributed by atoms with Crippen LogP contribution in [0.25, 0.3) is 0 Å². The number of nitrogens with two attached hydrogens (primary N) is 1. The van der Waals surface area contributed by atoms with Crippen molar-refractivity contribution in [2.75, 3.05) is 11.9 Å². The number of aliphatic hydroxyl groups excluding tert-OH is 1. The van der Waals surface area contributed by atoms with Gasteiger partial charge < -0.3 is 30.6 Å². The molecule has 3 aromatic rings. The summed E-state index contributed by atoms with van der Waals surface area (Å²) >= 11 is 0. The predicted molar refractivity (Wildman–Crippen MR) is 130 cm³/mol. The summed E-state index contributed by atoms with van der Waals surface area (Å²) in [5, 5.41) is 16.2. The lowest BCUT2D eigenvalue weighted by Gasteiger charge is -2.27. The lowest BCUT2D eigenvalue weighted by Crippen LogP contribution is -2.33. The number of carbonyl (C=O) groups is 1. The molecule has 0 unspecified atom stereocenters. The van der Waals surface area contributed by atoms with E-state index in [9.17, 15) is 14.3 Å². The number of carbonyl (C=O) groups excluding carboxylic acids is 1. The van der Waals surface area contributed by atoms with Crippen molar-refractivity contribution < 1.29 is 23.4 Å². The molecule has 3 aromatic heterocycles. The van der Waals surface area contributed by atoms with Gasteiger partial charge in [-0.15, -0.1) is 0 Å². The van der Waals surface area contributed by atoms with Crippen molar-refractivity contribution in [2.45, 2.75) is 64.3 Å². The Morgan fingerprint density at radius 1 is 1.28 bits per heavy atom. The van der Waals surface area contributed by atoms with E-state index in [0.717, 1.165) is 42.3 Å². The molecule has 1 aliphatic rings. The van der Waals surface area contributed by atoms with E-state index in [-0.39, 0.29) is 25.3 Å². The number of halogens is 1. The van der Waals surface area contributed by atoms with Gasteiger partial charge in [0.15, 0.2) is 18.0 Å². The van der Waals surface area contributed by atoms with Crippen molar-refractivity contribution in [3.8, 4) is 5.88 Å². The molecule has 11 heteroatoms. The summed E-state index contributed by atoms with van der Waals surface area (Å²) in [6.07, 6.45) is 7.31. The molecule has 1 amide bonds. The van der Waals surface area contributed by atoms with Crippen molar-refractivity contribution in [1.82, 2.24) is 20.3 Å². The van der Waals surface area contributed by atoms with Crippen LogP contribution in [0.4, 0.5) is 10.2 Å². The van der Waals surface area contributed by atoms with Gasteiger partial charge >= 0.3 is 0 Å². The van der Waals surface area contributed by atoms with E-state index in [4.69, 9.17) is 14.9 Å². The monoisotopic (exact) mass is 498 g/mol. The standard InChI is InChI=1S/C25H31FN6O4/c1-15-22(36-14-31-15)13-35-24-7-17(9-27)16(10-29-24)5-6-19(33)11-30-25(34)20-8-23(28-12-21(20)26)32-18-3-2-4-18/h7-8,10,12,14,18-19,33H,2-6,9,11,13,27H2,1H3,(H,28,32)(H,30,34)/t19-/m0/s1. The minimum atomic E-state index is -0.831. The summed E-state index contributed by atoms with van der Waals surface area (Å²) in [5.74, 6) is 0.196. The molecule has 0 spiro atoms. The van der Waals surface area contributed by atoms with E-state index >= 15 is 0 Å². The molecule has 10 nitrogen and oxygen atoms in total. The van der Waals surface area contributed by atoms with Crippen molar-refractivity contribution in [1.29, 1.82) is 0 Å². The molecule has 192 valence electrons. The average molecular weight is 499 g/mol. The topological polar surface area (TPSA) is 148 Å². The van der Waals surface area contributed by atoms with Gasteiger partial charge in [-0.2, -0.15) is 0 Å². The van der Waals surface area contributed by atoms with Crippen molar-refractivity contribution in [3.63, 3.8) is 0 Å². The van der Waals surface area contributed by atoms with E-state index in [1.165, 1.54) is 12.5 Å². The number of ether oxygens (including phenoxy) is 1. The molecule has 5 N–H and O–H groups in total. The first-order valence-electron chi connectivity index (χ1n) is 12.0. The second kappa shape index (κ2) is 11.9. The van der Waals surface area contributed by atoms with Crippen LogP contribution in [0.1, 0.15) is 58.6 Å². The van der Waals surface area contributed by atoms with E-state index < -0.39 is 17.8 Å². The highest BCUT2D eigenvalue weighted by Gasteiger charge is 2.20. The zero-order chi connectivity index (χ0) is 25.5. The Morgan fingerprint density at radius 2 is 2.11 bits per heavy atom. The molecule has 3 heterocycles. The third-order valence-electron chi connectivity index (χ3n) is 6.28. The normalized spacial score (nSPS) is 14.2. The Kier molecular flexibility index (Phi) is 8.44. The van der Waals surface area contributed by atoms with Crippen LogP contribution in [-0.2, 0) is 19.6 Å². The van der Waals surface area contributed by atoms with Gasteiger partial charge in [0, 0.05) is 31.4 Å². The largest absolute Gasteiger partial charge is 0.469 e. The highest BCUT2D eigenvalue weighted by molar-refractivity contribution is 5.95. The molecule has 1 fully saturated rings. The minimum Gasteiger partial charge on any atom is -0.469 e. The Bertz CT molecular complexity index is 1180. The van der Waals surface area contributed by atoms with E-state index in [2.05, 4.69) is 25.6 Å². The maximum Gasteiger partial charge on any atom is 0.254 e. The van der Waals surface area contributed by atoms with Crippen LogP contribution in [0.3, 0.4) is 0 Å². The van der Waals surface area contributed by atoms with Crippen molar-refractivity contribution in [2.24, 2.45) is 5.73 Å². The molecular formula is C25H31FN6O4. The van der Waals surface area contributed by atoms with Gasteiger partial charge in [-0.25, -0.2) is 19.3 Å². The maximum atomic E-state index is 14.2. The van der Waals surface area contributed by atoms with Gasteiger partial charge in [-0.3, -0.25) is 4.79 Å². The van der Waals surface area contributed by atoms with Gasteiger partial charge in [-0.1, -0.05) is 0 Å². The SMILES string of the molecule is Cc1ncoc1COc1cc(CN)c(CC[C@H](O)CNC(=O)c2cc(NC3CCC3)ncc2F)cn1. The summed E-state index contributed by atoms with van der Waals surface area (Å²) in [5.41, 5.74) is 8.26. The summed E-state index contributed by atoms with van der Waals surface area (Å²) < 4.78 is 25.1. The first-order valence-corrected chi connectivity index (χ1v) is 12.0. The number of anilines is 1. The van der Waals surface area contributed by atoms with Crippen molar-refractivity contribution >= 4 is 11.7 Å². The number of aromatic nitrogens is 3. The third-order valence-corrected chi connectivity index (χ3v) is 6.28. The Balaban J connectivity index is 1.26. The molecule has 1 aliphatic carbocycles. The van der Waals surface area contributed by atoms with Crippen LogP contribution in [0.5, 0.6) is 5.88 Å². The second-order valence-electron chi connectivity index (χ2n) is 8.87. The molecule has 0 aromatic carbocycles. The number of nitrogens with zero attached hydrogens (tertiary/aromatic N) is 3. The Morgan fingerprint density at radius 3 is 2.81 bits per heavy atom. The van der Waals surface area contributed by atoms with Crippen LogP contribution < -0.4 is 21.1 Å². The first kappa shape index (κ1) is 25.5. The van der Waals surface area contributed by atoms with Gasteiger partial charge in [0.25, 0.3) is 5.91 Å². The zero-order valence-corrected chi connectivity index (χ0v) is 20.2. The van der Waals surface area contributed by atoms with Crippen LogP contribution in [0.2, 0.25) is 0 Å². The predicted octanol–water partition coefficient (Wildman–Crippen LogP) is 2.64. The number of amides is 1. The quantitative estimate of drug-likeness (QED) is 0.296. The molecule has 0 bridgehead atoms. The van der Waals surface area contributed by atoms with Gasteiger partial charge in [0.05, 0.1) is 23.6 Å². The number of oxazole rings is 1. The molecule has 36 heavy (non-hydrogen) atoms. The van der Waals surface area contributed by atoms with Gasteiger partial charge in [-0.05, 0) is 56.2 Å². The molecular weight excluding hydrogens is 467 g/mol. The summed E-state index contributed by atoms with van der Waals surface area (Å²) in [6, 6.07) is 3.48. The smallest absolute Gasteiger partial charge is 0.254 e. The van der Waals surface area contributed by atoms with Crippen molar-refractivity contribution in [3.05, 3.63) is 64.9 Å².